The van der Waals surface area contributed by atoms with E-state index in [1.165, 1.54) is 5.56 Å². The third kappa shape index (κ3) is 4.23. The summed E-state index contributed by atoms with van der Waals surface area (Å²) in [6.07, 6.45) is 10.2. The highest BCUT2D eigenvalue weighted by Gasteiger charge is 2.25. The number of allylic oxidation sites excluding steroid dienone is 2. The zero-order chi connectivity index (χ0) is 18.5. The van der Waals surface area contributed by atoms with Crippen molar-refractivity contribution in [2.75, 3.05) is 0 Å². The summed E-state index contributed by atoms with van der Waals surface area (Å²) >= 11 is 0. The molecule has 1 aliphatic carbocycles. The minimum Gasteiger partial charge on any atom is -0.203 e. The Morgan fingerprint density at radius 3 is 2.27 bits per heavy atom. The van der Waals surface area contributed by atoms with Crippen molar-refractivity contribution in [3.05, 3.63) is 71.3 Å². The first-order valence-corrected chi connectivity index (χ1v) is 9.78. The molecular formula is C24H28F2. The smallest absolute Gasteiger partial charge is 0.166 e. The van der Waals surface area contributed by atoms with Gasteiger partial charge in [-0.3, -0.25) is 0 Å². The van der Waals surface area contributed by atoms with Crippen LogP contribution in [0, 0.1) is 17.6 Å². The average Bonchev–Trinajstić information content (AvgIpc) is 2.66. The minimum atomic E-state index is -0.706. The van der Waals surface area contributed by atoms with Gasteiger partial charge in [-0.1, -0.05) is 68.3 Å². The van der Waals surface area contributed by atoms with E-state index >= 15 is 0 Å². The summed E-state index contributed by atoms with van der Waals surface area (Å²) in [7, 11) is 0. The SMILES string of the molecule is C/C=C/CCc1ccc(-c2ccc(C3CCC(C)CC3)c(F)c2F)cc1. The van der Waals surface area contributed by atoms with E-state index in [2.05, 4.69) is 13.0 Å². The van der Waals surface area contributed by atoms with Crippen molar-refractivity contribution in [2.24, 2.45) is 5.92 Å². The third-order valence-corrected chi connectivity index (χ3v) is 5.67. The van der Waals surface area contributed by atoms with Gasteiger partial charge in [0.25, 0.3) is 0 Å². The van der Waals surface area contributed by atoms with Gasteiger partial charge in [-0.05, 0) is 61.1 Å². The normalized spacial score (nSPS) is 20.6. The van der Waals surface area contributed by atoms with Crippen LogP contribution in [0.15, 0.2) is 48.6 Å². The van der Waals surface area contributed by atoms with Crippen LogP contribution >= 0.6 is 0 Å². The Balaban J connectivity index is 1.79. The standard InChI is InChI=1S/C24H28F2/c1-3-4-5-6-18-9-13-20(14-10-18)22-16-15-21(23(25)24(22)26)19-11-7-17(2)8-12-19/h3-4,9-10,13-17,19H,5-8,11-12H2,1-2H3/b4-3+. The van der Waals surface area contributed by atoms with Gasteiger partial charge in [-0.15, -0.1) is 0 Å². The van der Waals surface area contributed by atoms with Gasteiger partial charge in [0.05, 0.1) is 0 Å². The predicted molar refractivity (Wildman–Crippen MR) is 105 cm³/mol. The topological polar surface area (TPSA) is 0 Å². The van der Waals surface area contributed by atoms with Gasteiger partial charge in [0.2, 0.25) is 0 Å². The molecule has 0 unspecified atom stereocenters. The highest BCUT2D eigenvalue weighted by atomic mass is 19.2. The molecular weight excluding hydrogens is 326 g/mol. The number of hydrogen-bond donors (Lipinski definition) is 0. The fourth-order valence-corrected chi connectivity index (χ4v) is 3.94. The molecule has 26 heavy (non-hydrogen) atoms. The Labute approximate surface area is 156 Å². The monoisotopic (exact) mass is 354 g/mol. The molecule has 0 N–H and O–H groups in total. The third-order valence-electron chi connectivity index (χ3n) is 5.67. The van der Waals surface area contributed by atoms with E-state index in [0.717, 1.165) is 44.1 Å². The number of halogens is 2. The van der Waals surface area contributed by atoms with Gasteiger partial charge in [-0.2, -0.15) is 0 Å². The summed E-state index contributed by atoms with van der Waals surface area (Å²) in [5.74, 6) is -0.504. The molecule has 0 aliphatic heterocycles. The molecule has 0 spiro atoms. The lowest BCUT2D eigenvalue weighted by molar-refractivity contribution is 0.339. The lowest BCUT2D eigenvalue weighted by Crippen LogP contribution is -2.13. The second-order valence-corrected chi connectivity index (χ2v) is 7.59. The molecule has 0 bridgehead atoms. The van der Waals surface area contributed by atoms with Crippen LogP contribution in [-0.2, 0) is 6.42 Å². The molecule has 1 fully saturated rings. The Morgan fingerprint density at radius 2 is 1.62 bits per heavy atom. The van der Waals surface area contributed by atoms with Crippen LogP contribution in [0.5, 0.6) is 0 Å². The van der Waals surface area contributed by atoms with Gasteiger partial charge in [0, 0.05) is 5.56 Å². The van der Waals surface area contributed by atoms with Crippen molar-refractivity contribution in [3.8, 4) is 11.1 Å². The first-order chi connectivity index (χ1) is 12.6. The maximum absolute atomic E-state index is 14.7. The number of aryl methyl sites for hydroxylation is 1. The van der Waals surface area contributed by atoms with Crippen LogP contribution < -0.4 is 0 Å². The fraction of sp³-hybridized carbons (Fsp3) is 0.417. The van der Waals surface area contributed by atoms with Crippen molar-refractivity contribution in [3.63, 3.8) is 0 Å². The van der Waals surface area contributed by atoms with Crippen LogP contribution in [-0.4, -0.2) is 0 Å². The van der Waals surface area contributed by atoms with Crippen molar-refractivity contribution in [1.82, 2.24) is 0 Å². The largest absolute Gasteiger partial charge is 0.203 e. The predicted octanol–water partition coefficient (Wildman–Crippen LogP) is 7.43. The molecule has 138 valence electrons. The van der Waals surface area contributed by atoms with Crippen molar-refractivity contribution in [1.29, 1.82) is 0 Å². The molecule has 1 saturated carbocycles. The molecule has 0 amide bonds. The van der Waals surface area contributed by atoms with Gasteiger partial charge < -0.3 is 0 Å². The molecule has 2 aromatic rings. The molecule has 0 atom stereocenters. The van der Waals surface area contributed by atoms with Crippen LogP contribution in [0.2, 0.25) is 0 Å². The first-order valence-electron chi connectivity index (χ1n) is 9.78. The maximum Gasteiger partial charge on any atom is 0.166 e. The second kappa shape index (κ2) is 8.62. The number of hydrogen-bond acceptors (Lipinski definition) is 0. The Hall–Kier alpha value is -1.96. The molecule has 0 nitrogen and oxygen atoms in total. The van der Waals surface area contributed by atoms with Crippen molar-refractivity contribution >= 4 is 0 Å². The summed E-state index contributed by atoms with van der Waals surface area (Å²) in [6, 6.07) is 11.4. The highest BCUT2D eigenvalue weighted by molar-refractivity contribution is 5.65. The van der Waals surface area contributed by atoms with E-state index < -0.39 is 11.6 Å². The fourth-order valence-electron chi connectivity index (χ4n) is 3.94. The van der Waals surface area contributed by atoms with Gasteiger partial charge in [-0.25, -0.2) is 8.78 Å². The molecule has 1 aliphatic rings. The number of benzene rings is 2. The summed E-state index contributed by atoms with van der Waals surface area (Å²) in [4.78, 5) is 0. The molecule has 0 heterocycles. The van der Waals surface area contributed by atoms with Crippen LogP contribution in [0.4, 0.5) is 8.78 Å². The van der Waals surface area contributed by atoms with Crippen LogP contribution in [0.3, 0.4) is 0 Å². The van der Waals surface area contributed by atoms with E-state index in [9.17, 15) is 8.78 Å². The quantitative estimate of drug-likeness (QED) is 0.490. The lowest BCUT2D eigenvalue weighted by Gasteiger charge is -2.27. The highest BCUT2D eigenvalue weighted by Crippen LogP contribution is 2.38. The summed E-state index contributed by atoms with van der Waals surface area (Å²) < 4.78 is 29.5. The maximum atomic E-state index is 14.7. The lowest BCUT2D eigenvalue weighted by atomic mass is 9.79. The van der Waals surface area contributed by atoms with E-state index in [-0.39, 0.29) is 5.92 Å². The summed E-state index contributed by atoms with van der Waals surface area (Å²) in [6.45, 7) is 4.25. The first kappa shape index (κ1) is 18.8. The van der Waals surface area contributed by atoms with Gasteiger partial charge >= 0.3 is 0 Å². The number of rotatable bonds is 5. The van der Waals surface area contributed by atoms with Crippen LogP contribution in [0.25, 0.3) is 11.1 Å². The molecule has 2 heteroatoms. The van der Waals surface area contributed by atoms with Gasteiger partial charge in [0.15, 0.2) is 11.6 Å². The van der Waals surface area contributed by atoms with Gasteiger partial charge in [0.1, 0.15) is 0 Å². The molecule has 3 rings (SSSR count). The van der Waals surface area contributed by atoms with E-state index in [1.54, 1.807) is 12.1 Å². The van der Waals surface area contributed by atoms with E-state index in [0.29, 0.717) is 17.0 Å². The molecule has 0 saturated heterocycles. The van der Waals surface area contributed by atoms with Crippen molar-refractivity contribution in [2.45, 2.75) is 58.3 Å². The summed E-state index contributed by atoms with van der Waals surface area (Å²) in [5, 5.41) is 0. The molecule has 0 aromatic heterocycles. The minimum absolute atomic E-state index is 0.156. The molecule has 2 aromatic carbocycles. The average molecular weight is 354 g/mol. The van der Waals surface area contributed by atoms with E-state index in [1.807, 2.05) is 37.3 Å². The summed E-state index contributed by atoms with van der Waals surface area (Å²) in [5.41, 5.74) is 2.86. The zero-order valence-corrected chi connectivity index (χ0v) is 15.8. The zero-order valence-electron chi connectivity index (χ0n) is 15.8. The Morgan fingerprint density at radius 1 is 0.923 bits per heavy atom. The molecule has 0 radical (unpaired) electrons. The Bertz CT molecular complexity index is 751. The second-order valence-electron chi connectivity index (χ2n) is 7.59. The van der Waals surface area contributed by atoms with E-state index in [4.69, 9.17) is 0 Å². The van der Waals surface area contributed by atoms with Crippen molar-refractivity contribution < 1.29 is 8.78 Å². The Kier molecular flexibility index (Phi) is 6.24. The van der Waals surface area contributed by atoms with Crippen LogP contribution in [0.1, 0.15) is 63.0 Å².